The van der Waals surface area contributed by atoms with E-state index in [1.165, 1.54) is 0 Å². The normalized spacial score (nSPS) is 14.8. The summed E-state index contributed by atoms with van der Waals surface area (Å²) in [6, 6.07) is 6.19. The third kappa shape index (κ3) is 4.90. The summed E-state index contributed by atoms with van der Waals surface area (Å²) in [6.07, 6.45) is 0. The van der Waals surface area contributed by atoms with E-state index in [0.29, 0.717) is 5.92 Å². The molecule has 0 bridgehead atoms. The van der Waals surface area contributed by atoms with Crippen LogP contribution in [0.25, 0.3) is 0 Å². The fourth-order valence-corrected chi connectivity index (χ4v) is 2.39. The highest BCUT2D eigenvalue weighted by atomic mass is 35.5. The number of hydrogen-bond acceptors (Lipinski definition) is 3. The molecule has 1 aromatic rings. The van der Waals surface area contributed by atoms with Crippen LogP contribution in [-0.2, 0) is 4.79 Å². The quantitative estimate of drug-likeness (QED) is 0.928. The van der Waals surface area contributed by atoms with E-state index in [2.05, 4.69) is 31.3 Å². The summed E-state index contributed by atoms with van der Waals surface area (Å²) in [5, 5.41) is 3.24. The van der Waals surface area contributed by atoms with Crippen molar-refractivity contribution in [3.05, 3.63) is 29.3 Å². The number of carbonyl (C=O) groups excluding carboxylic acids is 1. The zero-order valence-corrected chi connectivity index (χ0v) is 13.8. The number of benzene rings is 1. The maximum Gasteiger partial charge on any atom is 0.260 e. The molecular weight excluding hydrogens is 288 g/mol. The summed E-state index contributed by atoms with van der Waals surface area (Å²) in [4.78, 5) is 14.0. The van der Waals surface area contributed by atoms with Gasteiger partial charge in [0.05, 0.1) is 0 Å². The van der Waals surface area contributed by atoms with Crippen molar-refractivity contribution in [1.29, 1.82) is 0 Å². The first-order valence-electron chi connectivity index (χ1n) is 7.30. The van der Waals surface area contributed by atoms with Crippen LogP contribution >= 0.6 is 12.4 Å². The van der Waals surface area contributed by atoms with Crippen molar-refractivity contribution in [2.75, 3.05) is 32.8 Å². The molecule has 2 rings (SSSR count). The number of carbonyl (C=O) groups is 1. The van der Waals surface area contributed by atoms with Gasteiger partial charge in [-0.3, -0.25) is 4.79 Å². The SMILES string of the molecule is Cc1ccc(C(C)C)c(OCC(=O)N2CCNCC2)c1.Cl. The van der Waals surface area contributed by atoms with Gasteiger partial charge in [0.1, 0.15) is 5.75 Å². The lowest BCUT2D eigenvalue weighted by Gasteiger charge is -2.27. The van der Waals surface area contributed by atoms with Gasteiger partial charge in [0.2, 0.25) is 0 Å². The van der Waals surface area contributed by atoms with Crippen molar-refractivity contribution < 1.29 is 9.53 Å². The maximum absolute atomic E-state index is 12.1. The second-order valence-electron chi connectivity index (χ2n) is 5.62. The minimum atomic E-state index is 0. The minimum Gasteiger partial charge on any atom is -0.483 e. The van der Waals surface area contributed by atoms with Crippen LogP contribution in [-0.4, -0.2) is 43.6 Å². The van der Waals surface area contributed by atoms with E-state index in [1.54, 1.807) is 0 Å². The van der Waals surface area contributed by atoms with Gasteiger partial charge in [-0.2, -0.15) is 0 Å². The number of aryl methyl sites for hydroxylation is 1. The first-order valence-corrected chi connectivity index (χ1v) is 7.30. The average Bonchev–Trinajstić information content (AvgIpc) is 2.45. The van der Waals surface area contributed by atoms with Gasteiger partial charge < -0.3 is 15.0 Å². The molecule has 21 heavy (non-hydrogen) atoms. The van der Waals surface area contributed by atoms with Crippen LogP contribution in [0.2, 0.25) is 0 Å². The highest BCUT2D eigenvalue weighted by molar-refractivity contribution is 5.85. The number of nitrogens with zero attached hydrogens (tertiary/aromatic N) is 1. The summed E-state index contributed by atoms with van der Waals surface area (Å²) in [7, 11) is 0. The zero-order valence-electron chi connectivity index (χ0n) is 13.0. The van der Waals surface area contributed by atoms with Gasteiger partial charge in [-0.15, -0.1) is 12.4 Å². The summed E-state index contributed by atoms with van der Waals surface area (Å²) >= 11 is 0. The van der Waals surface area contributed by atoms with Gasteiger partial charge in [0.15, 0.2) is 6.61 Å². The molecule has 0 atom stereocenters. The van der Waals surface area contributed by atoms with Crippen LogP contribution in [0.5, 0.6) is 5.75 Å². The Kier molecular flexibility index (Phi) is 6.99. The van der Waals surface area contributed by atoms with Gasteiger partial charge in [-0.25, -0.2) is 0 Å². The van der Waals surface area contributed by atoms with Crippen molar-refractivity contribution in [2.24, 2.45) is 0 Å². The molecule has 1 aliphatic rings. The second kappa shape index (κ2) is 8.25. The Morgan fingerprint density at radius 3 is 2.62 bits per heavy atom. The molecule has 4 nitrogen and oxygen atoms in total. The maximum atomic E-state index is 12.1. The minimum absolute atomic E-state index is 0. The van der Waals surface area contributed by atoms with Crippen molar-refractivity contribution in [1.82, 2.24) is 10.2 Å². The smallest absolute Gasteiger partial charge is 0.260 e. The molecule has 5 heteroatoms. The van der Waals surface area contributed by atoms with Crippen molar-refractivity contribution in [3.63, 3.8) is 0 Å². The van der Waals surface area contributed by atoms with E-state index < -0.39 is 0 Å². The van der Waals surface area contributed by atoms with Crippen LogP contribution in [0.3, 0.4) is 0 Å². The Bertz CT molecular complexity index is 471. The van der Waals surface area contributed by atoms with Crippen LogP contribution < -0.4 is 10.1 Å². The summed E-state index contributed by atoms with van der Waals surface area (Å²) in [6.45, 7) is 9.71. The monoisotopic (exact) mass is 312 g/mol. The van der Waals surface area contributed by atoms with E-state index in [4.69, 9.17) is 4.74 Å². The largest absolute Gasteiger partial charge is 0.483 e. The van der Waals surface area contributed by atoms with Crippen LogP contribution in [0.15, 0.2) is 18.2 Å². The van der Waals surface area contributed by atoms with Gasteiger partial charge >= 0.3 is 0 Å². The molecule has 118 valence electrons. The Hall–Kier alpha value is -1.26. The average molecular weight is 313 g/mol. The van der Waals surface area contributed by atoms with E-state index in [9.17, 15) is 4.79 Å². The van der Waals surface area contributed by atoms with Crippen LogP contribution in [0, 0.1) is 6.92 Å². The van der Waals surface area contributed by atoms with Gasteiger partial charge in [0.25, 0.3) is 5.91 Å². The molecule has 1 saturated heterocycles. The van der Waals surface area contributed by atoms with E-state index >= 15 is 0 Å². The third-order valence-corrected chi connectivity index (χ3v) is 3.61. The highest BCUT2D eigenvalue weighted by Crippen LogP contribution is 2.27. The van der Waals surface area contributed by atoms with E-state index in [0.717, 1.165) is 43.1 Å². The van der Waals surface area contributed by atoms with Crippen molar-refractivity contribution in [3.8, 4) is 5.75 Å². The third-order valence-electron chi connectivity index (χ3n) is 3.61. The molecule has 1 heterocycles. The van der Waals surface area contributed by atoms with Gasteiger partial charge in [-0.05, 0) is 30.0 Å². The Balaban J connectivity index is 0.00000220. The van der Waals surface area contributed by atoms with Gasteiger partial charge in [0, 0.05) is 26.2 Å². The van der Waals surface area contributed by atoms with Crippen molar-refractivity contribution in [2.45, 2.75) is 26.7 Å². The van der Waals surface area contributed by atoms with Gasteiger partial charge in [-0.1, -0.05) is 26.0 Å². The number of halogens is 1. The topological polar surface area (TPSA) is 41.6 Å². The Labute approximate surface area is 133 Å². The molecule has 0 aliphatic carbocycles. The molecule has 0 spiro atoms. The molecule has 1 fully saturated rings. The molecule has 0 unspecified atom stereocenters. The lowest BCUT2D eigenvalue weighted by molar-refractivity contribution is -0.133. The fourth-order valence-electron chi connectivity index (χ4n) is 2.39. The number of ether oxygens (including phenoxy) is 1. The molecule has 0 radical (unpaired) electrons. The predicted octanol–water partition coefficient (Wildman–Crippen LogP) is 2.35. The lowest BCUT2D eigenvalue weighted by Crippen LogP contribution is -2.47. The zero-order chi connectivity index (χ0) is 14.5. The van der Waals surface area contributed by atoms with E-state index in [-0.39, 0.29) is 24.9 Å². The summed E-state index contributed by atoms with van der Waals surface area (Å²) < 4.78 is 5.78. The number of nitrogens with one attached hydrogen (secondary N) is 1. The first-order chi connectivity index (χ1) is 9.58. The molecule has 1 amide bonds. The number of hydrogen-bond donors (Lipinski definition) is 1. The molecule has 1 N–H and O–H groups in total. The molecule has 0 saturated carbocycles. The standard InChI is InChI=1S/C16H24N2O2.ClH/c1-12(2)14-5-4-13(3)10-15(14)20-11-16(19)18-8-6-17-7-9-18;/h4-5,10,12,17H,6-9,11H2,1-3H3;1H. The van der Waals surface area contributed by atoms with Crippen LogP contribution in [0.1, 0.15) is 30.9 Å². The Morgan fingerprint density at radius 1 is 1.33 bits per heavy atom. The molecule has 1 aromatic carbocycles. The fraction of sp³-hybridized carbons (Fsp3) is 0.562. The lowest BCUT2D eigenvalue weighted by atomic mass is 10.0. The van der Waals surface area contributed by atoms with Crippen LogP contribution in [0.4, 0.5) is 0 Å². The number of piperazine rings is 1. The Morgan fingerprint density at radius 2 is 2.00 bits per heavy atom. The molecule has 0 aromatic heterocycles. The summed E-state index contributed by atoms with van der Waals surface area (Å²) in [5.74, 6) is 1.30. The molecular formula is C16H25ClN2O2. The second-order valence-corrected chi connectivity index (χ2v) is 5.62. The number of rotatable bonds is 4. The first kappa shape index (κ1) is 17.8. The van der Waals surface area contributed by atoms with E-state index in [1.807, 2.05) is 17.9 Å². The predicted molar refractivity (Wildman–Crippen MR) is 87.5 cm³/mol. The highest BCUT2D eigenvalue weighted by Gasteiger charge is 2.17. The summed E-state index contributed by atoms with van der Waals surface area (Å²) in [5.41, 5.74) is 2.31. The van der Waals surface area contributed by atoms with Crippen molar-refractivity contribution >= 4 is 18.3 Å². The number of amides is 1. The molecule has 1 aliphatic heterocycles.